The third-order valence-electron chi connectivity index (χ3n) is 3.93. The van der Waals surface area contributed by atoms with Gasteiger partial charge in [-0.1, -0.05) is 6.42 Å². The van der Waals surface area contributed by atoms with E-state index < -0.39 is 11.9 Å². The first-order chi connectivity index (χ1) is 8.59. The van der Waals surface area contributed by atoms with Crippen molar-refractivity contribution in [1.82, 2.24) is 4.90 Å². The zero-order valence-corrected chi connectivity index (χ0v) is 10.4. The smallest absolute Gasteiger partial charge is 0.306 e. The van der Waals surface area contributed by atoms with Crippen LogP contribution >= 0.6 is 0 Å². The van der Waals surface area contributed by atoms with Gasteiger partial charge in [-0.25, -0.2) is 0 Å². The average Bonchev–Trinajstić information content (AvgIpc) is 2.51. The van der Waals surface area contributed by atoms with Gasteiger partial charge in [0, 0.05) is 18.9 Å². The second-order valence-corrected chi connectivity index (χ2v) is 5.22. The highest BCUT2D eigenvalue weighted by Crippen LogP contribution is 2.30. The molecule has 0 aromatic heterocycles. The molecule has 5 heteroatoms. The second-order valence-electron chi connectivity index (χ2n) is 5.22. The van der Waals surface area contributed by atoms with E-state index in [9.17, 15) is 14.4 Å². The van der Waals surface area contributed by atoms with E-state index in [0.717, 1.165) is 25.7 Å². The van der Waals surface area contributed by atoms with Gasteiger partial charge >= 0.3 is 5.97 Å². The average molecular weight is 253 g/mol. The Morgan fingerprint density at radius 3 is 2.22 bits per heavy atom. The highest BCUT2D eigenvalue weighted by Gasteiger charge is 2.36. The quantitative estimate of drug-likeness (QED) is 0.758. The molecule has 1 aliphatic carbocycles. The van der Waals surface area contributed by atoms with Crippen LogP contribution in [0.4, 0.5) is 0 Å². The minimum atomic E-state index is -0.811. The molecular weight excluding hydrogens is 234 g/mol. The van der Waals surface area contributed by atoms with E-state index in [1.54, 1.807) is 0 Å². The third kappa shape index (κ3) is 2.71. The Hall–Kier alpha value is -1.39. The van der Waals surface area contributed by atoms with Crippen molar-refractivity contribution in [2.24, 2.45) is 5.92 Å². The SMILES string of the molecule is O=C(O)C1CCCC(N2C(=O)CCCCC2=O)C1. The van der Waals surface area contributed by atoms with E-state index in [4.69, 9.17) is 5.11 Å². The second kappa shape index (κ2) is 5.50. The number of carboxylic acid groups (broad SMARTS) is 1. The number of hydrogen-bond acceptors (Lipinski definition) is 3. The maximum atomic E-state index is 12.0. The zero-order valence-electron chi connectivity index (χ0n) is 10.4. The molecule has 1 heterocycles. The highest BCUT2D eigenvalue weighted by molar-refractivity contribution is 5.96. The zero-order chi connectivity index (χ0) is 13.1. The van der Waals surface area contributed by atoms with E-state index >= 15 is 0 Å². The molecule has 1 aliphatic heterocycles. The lowest BCUT2D eigenvalue weighted by Crippen LogP contribution is -2.46. The maximum absolute atomic E-state index is 12.0. The molecule has 18 heavy (non-hydrogen) atoms. The summed E-state index contributed by atoms with van der Waals surface area (Å²) in [5.41, 5.74) is 0. The van der Waals surface area contributed by atoms with E-state index in [2.05, 4.69) is 0 Å². The van der Waals surface area contributed by atoms with Gasteiger partial charge in [-0.3, -0.25) is 19.3 Å². The molecule has 2 amide bonds. The Morgan fingerprint density at radius 1 is 1.06 bits per heavy atom. The van der Waals surface area contributed by atoms with Crippen LogP contribution in [0.25, 0.3) is 0 Å². The fourth-order valence-electron chi connectivity index (χ4n) is 2.96. The van der Waals surface area contributed by atoms with Crippen LogP contribution in [0.5, 0.6) is 0 Å². The van der Waals surface area contributed by atoms with Crippen LogP contribution in [0.15, 0.2) is 0 Å². The van der Waals surface area contributed by atoms with Gasteiger partial charge in [0.15, 0.2) is 0 Å². The first-order valence-corrected chi connectivity index (χ1v) is 6.67. The molecule has 0 bridgehead atoms. The molecule has 0 aromatic rings. The fourth-order valence-corrected chi connectivity index (χ4v) is 2.96. The van der Waals surface area contributed by atoms with Crippen LogP contribution in [0, 0.1) is 5.92 Å². The van der Waals surface area contributed by atoms with Gasteiger partial charge in [0.2, 0.25) is 11.8 Å². The fraction of sp³-hybridized carbons (Fsp3) is 0.769. The standard InChI is InChI=1S/C13H19NO4/c15-11-6-1-2-7-12(16)14(11)10-5-3-4-9(8-10)13(17)18/h9-10H,1-8H2,(H,17,18). The number of amides is 2. The van der Waals surface area contributed by atoms with Gasteiger partial charge in [0.1, 0.15) is 0 Å². The van der Waals surface area contributed by atoms with Crippen molar-refractivity contribution in [3.63, 3.8) is 0 Å². The molecule has 2 fully saturated rings. The van der Waals surface area contributed by atoms with Gasteiger partial charge in [0.05, 0.1) is 5.92 Å². The number of imide groups is 1. The Kier molecular flexibility index (Phi) is 3.99. The Balaban J connectivity index is 2.10. The first kappa shape index (κ1) is 13.1. The van der Waals surface area contributed by atoms with Crippen LogP contribution in [0.1, 0.15) is 51.4 Å². The number of hydrogen-bond donors (Lipinski definition) is 1. The summed E-state index contributed by atoms with van der Waals surface area (Å²) in [6.07, 6.45) is 4.96. The number of carbonyl (C=O) groups excluding carboxylic acids is 2. The lowest BCUT2D eigenvalue weighted by atomic mass is 9.85. The molecule has 100 valence electrons. The van der Waals surface area contributed by atoms with Crippen molar-refractivity contribution in [3.05, 3.63) is 0 Å². The molecular formula is C13H19NO4. The summed E-state index contributed by atoms with van der Waals surface area (Å²) in [7, 11) is 0. The van der Waals surface area contributed by atoms with Crippen molar-refractivity contribution < 1.29 is 19.5 Å². The summed E-state index contributed by atoms with van der Waals surface area (Å²) in [6.45, 7) is 0. The first-order valence-electron chi connectivity index (χ1n) is 6.67. The summed E-state index contributed by atoms with van der Waals surface area (Å²) in [6, 6.07) is -0.196. The van der Waals surface area contributed by atoms with E-state index in [1.807, 2.05) is 0 Å². The van der Waals surface area contributed by atoms with Gasteiger partial charge in [-0.15, -0.1) is 0 Å². The van der Waals surface area contributed by atoms with Crippen molar-refractivity contribution in [3.8, 4) is 0 Å². The number of aliphatic carboxylic acids is 1. The topological polar surface area (TPSA) is 74.7 Å². The Labute approximate surface area is 106 Å². The number of carboxylic acids is 1. The van der Waals surface area contributed by atoms with Crippen LogP contribution in [0.3, 0.4) is 0 Å². The summed E-state index contributed by atoms with van der Waals surface area (Å²) in [5, 5.41) is 9.05. The van der Waals surface area contributed by atoms with E-state index in [-0.39, 0.29) is 17.9 Å². The molecule has 1 saturated heterocycles. The van der Waals surface area contributed by atoms with Gasteiger partial charge in [-0.2, -0.15) is 0 Å². The third-order valence-corrected chi connectivity index (χ3v) is 3.93. The number of nitrogens with zero attached hydrogens (tertiary/aromatic N) is 1. The van der Waals surface area contributed by atoms with Crippen LogP contribution < -0.4 is 0 Å². The molecule has 5 nitrogen and oxygen atoms in total. The van der Waals surface area contributed by atoms with Gasteiger partial charge < -0.3 is 5.11 Å². The van der Waals surface area contributed by atoms with Gasteiger partial charge in [-0.05, 0) is 32.1 Å². The predicted octanol–water partition coefficient (Wildman–Crippen LogP) is 1.56. The summed E-state index contributed by atoms with van der Waals surface area (Å²) in [5.74, 6) is -1.45. The Morgan fingerprint density at radius 2 is 1.67 bits per heavy atom. The molecule has 0 radical (unpaired) electrons. The summed E-state index contributed by atoms with van der Waals surface area (Å²) in [4.78, 5) is 36.3. The predicted molar refractivity (Wildman–Crippen MR) is 63.7 cm³/mol. The minimum absolute atomic E-state index is 0.117. The van der Waals surface area contributed by atoms with Crippen molar-refractivity contribution in [1.29, 1.82) is 0 Å². The summed E-state index contributed by atoms with van der Waals surface area (Å²) < 4.78 is 0. The van der Waals surface area contributed by atoms with E-state index in [0.29, 0.717) is 25.7 Å². The normalized spacial score (nSPS) is 30.1. The Bertz CT molecular complexity index is 348. The molecule has 1 saturated carbocycles. The van der Waals surface area contributed by atoms with Crippen LogP contribution in [-0.4, -0.2) is 33.8 Å². The maximum Gasteiger partial charge on any atom is 0.306 e. The minimum Gasteiger partial charge on any atom is -0.481 e. The molecule has 0 spiro atoms. The number of rotatable bonds is 2. The number of carbonyl (C=O) groups is 3. The highest BCUT2D eigenvalue weighted by atomic mass is 16.4. The van der Waals surface area contributed by atoms with Crippen LogP contribution in [0.2, 0.25) is 0 Å². The molecule has 2 aliphatic rings. The molecule has 2 rings (SSSR count). The molecule has 0 aromatic carbocycles. The molecule has 1 N–H and O–H groups in total. The largest absolute Gasteiger partial charge is 0.481 e. The molecule has 2 unspecified atom stereocenters. The van der Waals surface area contributed by atoms with E-state index in [1.165, 1.54) is 4.90 Å². The lowest BCUT2D eigenvalue weighted by Gasteiger charge is -2.34. The van der Waals surface area contributed by atoms with Crippen molar-refractivity contribution >= 4 is 17.8 Å². The number of likely N-dealkylation sites (tertiary alicyclic amines) is 1. The summed E-state index contributed by atoms with van der Waals surface area (Å²) >= 11 is 0. The van der Waals surface area contributed by atoms with Crippen molar-refractivity contribution in [2.75, 3.05) is 0 Å². The lowest BCUT2D eigenvalue weighted by molar-refractivity contribution is -0.151. The molecule has 2 atom stereocenters. The van der Waals surface area contributed by atoms with Crippen molar-refractivity contribution in [2.45, 2.75) is 57.4 Å². The van der Waals surface area contributed by atoms with Gasteiger partial charge in [0.25, 0.3) is 0 Å². The monoisotopic (exact) mass is 253 g/mol. The van der Waals surface area contributed by atoms with Crippen LogP contribution in [-0.2, 0) is 14.4 Å².